The van der Waals surface area contributed by atoms with Crippen LogP contribution in [0.1, 0.15) is 13.3 Å². The van der Waals surface area contributed by atoms with E-state index in [0.29, 0.717) is 0 Å². The van der Waals surface area contributed by atoms with Crippen molar-refractivity contribution in [1.82, 2.24) is 4.57 Å². The Balaban J connectivity index is 0.000000292. The predicted octanol–water partition coefficient (Wildman–Crippen LogP) is 2.02. The van der Waals surface area contributed by atoms with E-state index in [2.05, 4.69) is 34.8 Å². The molecule has 0 saturated carbocycles. The molecule has 0 saturated heterocycles. The van der Waals surface area contributed by atoms with E-state index >= 15 is 0 Å². The second kappa shape index (κ2) is 5.67. The number of rotatable bonds is 2. The average molecular weight is 212 g/mol. The van der Waals surface area contributed by atoms with E-state index in [9.17, 15) is 17.3 Å². The number of imidazole rings is 1. The van der Waals surface area contributed by atoms with Crippen LogP contribution in [-0.2, 0) is 13.6 Å². The van der Waals surface area contributed by atoms with Gasteiger partial charge in [-0.2, -0.15) is 0 Å². The topological polar surface area (TPSA) is 8.81 Å². The van der Waals surface area contributed by atoms with Crippen LogP contribution in [0.4, 0.5) is 17.3 Å². The highest BCUT2D eigenvalue weighted by molar-refractivity contribution is 6.50. The summed E-state index contributed by atoms with van der Waals surface area (Å²) in [6.45, 7) is 3.31. The maximum atomic E-state index is 9.75. The number of aromatic nitrogens is 2. The van der Waals surface area contributed by atoms with Crippen LogP contribution in [0.25, 0.3) is 0 Å². The van der Waals surface area contributed by atoms with Crippen LogP contribution >= 0.6 is 0 Å². The monoisotopic (exact) mass is 212 g/mol. The minimum Gasteiger partial charge on any atom is -0.418 e. The standard InChI is InChI=1S/C7H13N2.BF4/c1-3-4-9-6-5-8(2)7-9;2-1(3,4)5/h5-7H,3-4H2,1-2H3;/q+1;-1. The van der Waals surface area contributed by atoms with E-state index in [1.165, 1.54) is 6.42 Å². The fraction of sp³-hybridized carbons (Fsp3) is 0.571. The van der Waals surface area contributed by atoms with Crippen molar-refractivity contribution in [3.05, 3.63) is 18.7 Å². The zero-order chi connectivity index (χ0) is 11.2. The van der Waals surface area contributed by atoms with E-state index in [0.717, 1.165) is 6.54 Å². The molecule has 0 radical (unpaired) electrons. The molecule has 0 amide bonds. The Kier molecular flexibility index (Phi) is 5.26. The van der Waals surface area contributed by atoms with Crippen molar-refractivity contribution in [1.29, 1.82) is 0 Å². The second-order valence-corrected chi connectivity index (χ2v) is 2.81. The van der Waals surface area contributed by atoms with Gasteiger partial charge in [-0.1, -0.05) is 6.92 Å². The van der Waals surface area contributed by atoms with Crippen LogP contribution in [0.5, 0.6) is 0 Å². The maximum Gasteiger partial charge on any atom is 0.673 e. The van der Waals surface area contributed by atoms with E-state index in [1.54, 1.807) is 0 Å². The largest absolute Gasteiger partial charge is 0.673 e. The number of hydrogen-bond donors (Lipinski definition) is 0. The first-order valence-electron chi connectivity index (χ1n) is 4.21. The maximum absolute atomic E-state index is 9.75. The van der Waals surface area contributed by atoms with Gasteiger partial charge in [0.1, 0.15) is 12.4 Å². The minimum atomic E-state index is -6.00. The van der Waals surface area contributed by atoms with Crippen LogP contribution in [0.3, 0.4) is 0 Å². The second-order valence-electron chi connectivity index (χ2n) is 2.81. The molecule has 0 fully saturated rings. The first kappa shape index (κ1) is 13.0. The Morgan fingerprint density at radius 1 is 1.29 bits per heavy atom. The molecule has 14 heavy (non-hydrogen) atoms. The van der Waals surface area contributed by atoms with Crippen molar-refractivity contribution >= 4 is 7.25 Å². The smallest absolute Gasteiger partial charge is 0.418 e. The van der Waals surface area contributed by atoms with E-state index in [1.807, 2.05) is 7.05 Å². The molecule has 1 aromatic rings. The SMILES string of the molecule is CCCn1cc[n+](C)c1.F[B-](F)(F)F. The van der Waals surface area contributed by atoms with Crippen molar-refractivity contribution < 1.29 is 21.8 Å². The van der Waals surface area contributed by atoms with Crippen LogP contribution in [0.15, 0.2) is 18.7 Å². The first-order valence-corrected chi connectivity index (χ1v) is 4.21. The summed E-state index contributed by atoms with van der Waals surface area (Å²) in [6.07, 6.45) is 7.43. The molecule has 0 aromatic carbocycles. The first-order chi connectivity index (χ1) is 6.33. The average Bonchev–Trinajstić information content (AvgIpc) is 2.32. The van der Waals surface area contributed by atoms with Gasteiger partial charge in [-0.3, -0.25) is 0 Å². The van der Waals surface area contributed by atoms with E-state index in [4.69, 9.17) is 0 Å². The fourth-order valence-electron chi connectivity index (χ4n) is 0.892. The van der Waals surface area contributed by atoms with E-state index < -0.39 is 7.25 Å². The molecule has 0 aliphatic carbocycles. The molecule has 0 bridgehead atoms. The van der Waals surface area contributed by atoms with Gasteiger partial charge < -0.3 is 17.3 Å². The third kappa shape index (κ3) is 9.09. The van der Waals surface area contributed by atoms with Gasteiger partial charge in [0.05, 0.1) is 13.6 Å². The third-order valence-corrected chi connectivity index (χ3v) is 1.31. The minimum absolute atomic E-state index is 1.13. The van der Waals surface area contributed by atoms with Crippen LogP contribution in [0.2, 0.25) is 0 Å². The summed E-state index contributed by atoms with van der Waals surface area (Å²) < 4.78 is 43.2. The lowest BCUT2D eigenvalue weighted by molar-refractivity contribution is -0.671. The zero-order valence-corrected chi connectivity index (χ0v) is 8.13. The summed E-state index contributed by atoms with van der Waals surface area (Å²) in [5.41, 5.74) is 0. The van der Waals surface area contributed by atoms with Crippen LogP contribution < -0.4 is 4.57 Å². The molecule has 0 spiro atoms. The van der Waals surface area contributed by atoms with Gasteiger partial charge >= 0.3 is 7.25 Å². The number of halogens is 4. The number of hydrogen-bond acceptors (Lipinski definition) is 0. The Hall–Kier alpha value is -1.01. The van der Waals surface area contributed by atoms with Gasteiger partial charge in [0.25, 0.3) is 0 Å². The van der Waals surface area contributed by atoms with Gasteiger partial charge in [0, 0.05) is 0 Å². The van der Waals surface area contributed by atoms with Crippen molar-refractivity contribution in [3.8, 4) is 0 Å². The van der Waals surface area contributed by atoms with Crippen molar-refractivity contribution in [2.75, 3.05) is 0 Å². The van der Waals surface area contributed by atoms with Gasteiger partial charge in [-0.25, -0.2) is 9.13 Å². The normalized spacial score (nSPS) is 10.7. The highest BCUT2D eigenvalue weighted by atomic mass is 19.5. The molecule has 0 unspecified atom stereocenters. The molecular weight excluding hydrogens is 199 g/mol. The summed E-state index contributed by atoms with van der Waals surface area (Å²) in [5, 5.41) is 0. The Labute approximate surface area is 80.3 Å². The Bertz CT molecular complexity index is 252. The van der Waals surface area contributed by atoms with Crippen molar-refractivity contribution in [2.24, 2.45) is 7.05 Å². The molecule has 0 aliphatic rings. The Morgan fingerprint density at radius 2 is 1.79 bits per heavy atom. The number of aryl methyl sites for hydroxylation is 2. The molecule has 0 atom stereocenters. The predicted molar refractivity (Wildman–Crippen MR) is 46.1 cm³/mol. The fourth-order valence-corrected chi connectivity index (χ4v) is 0.892. The molecule has 7 heteroatoms. The van der Waals surface area contributed by atoms with Gasteiger partial charge in [-0.15, -0.1) is 0 Å². The number of nitrogens with zero attached hydrogens (tertiary/aromatic N) is 2. The summed E-state index contributed by atoms with van der Waals surface area (Å²) in [7, 11) is -3.97. The molecule has 1 heterocycles. The van der Waals surface area contributed by atoms with Crippen molar-refractivity contribution in [2.45, 2.75) is 19.9 Å². The van der Waals surface area contributed by atoms with Gasteiger partial charge in [0.2, 0.25) is 6.33 Å². The van der Waals surface area contributed by atoms with Gasteiger partial charge in [0.15, 0.2) is 0 Å². The van der Waals surface area contributed by atoms with E-state index in [-0.39, 0.29) is 0 Å². The molecule has 1 aromatic heterocycles. The highest BCUT2D eigenvalue weighted by Gasteiger charge is 2.20. The zero-order valence-electron chi connectivity index (χ0n) is 8.13. The van der Waals surface area contributed by atoms with Crippen molar-refractivity contribution in [3.63, 3.8) is 0 Å². The molecular formula is C7H13BF4N2. The molecule has 82 valence electrons. The lowest BCUT2D eigenvalue weighted by Gasteiger charge is -1.94. The Morgan fingerprint density at radius 3 is 2.07 bits per heavy atom. The summed E-state index contributed by atoms with van der Waals surface area (Å²) in [5.74, 6) is 0. The van der Waals surface area contributed by atoms with Gasteiger partial charge in [-0.05, 0) is 6.42 Å². The highest BCUT2D eigenvalue weighted by Crippen LogP contribution is 2.06. The summed E-state index contributed by atoms with van der Waals surface area (Å²) >= 11 is 0. The summed E-state index contributed by atoms with van der Waals surface area (Å²) in [4.78, 5) is 0. The quantitative estimate of drug-likeness (QED) is 0.403. The molecule has 0 N–H and O–H groups in total. The molecule has 2 nitrogen and oxygen atoms in total. The third-order valence-electron chi connectivity index (χ3n) is 1.31. The molecule has 1 rings (SSSR count). The molecule has 0 aliphatic heterocycles. The lowest BCUT2D eigenvalue weighted by atomic mass is 10.3. The lowest BCUT2D eigenvalue weighted by Crippen LogP contribution is -2.23. The van der Waals surface area contributed by atoms with Crippen LogP contribution in [0, 0.1) is 0 Å². The van der Waals surface area contributed by atoms with Crippen LogP contribution in [-0.4, -0.2) is 11.8 Å². The summed E-state index contributed by atoms with van der Waals surface area (Å²) in [6, 6.07) is 0.